The van der Waals surface area contributed by atoms with E-state index < -0.39 is 0 Å². The Morgan fingerprint density at radius 1 is 0.490 bits per heavy atom. The molecule has 3 heterocycles. The summed E-state index contributed by atoms with van der Waals surface area (Å²) in [5, 5.41) is 4.76. The van der Waals surface area contributed by atoms with Crippen LogP contribution >= 0.6 is 0 Å². The van der Waals surface area contributed by atoms with Crippen LogP contribution in [0.25, 0.3) is 60.6 Å². The van der Waals surface area contributed by atoms with Crippen molar-refractivity contribution in [3.05, 3.63) is 168 Å². The quantitative estimate of drug-likeness (QED) is 0.189. The van der Waals surface area contributed by atoms with Gasteiger partial charge in [0.1, 0.15) is 11.2 Å². The molecule has 3 heteroatoms. The minimum absolute atomic E-state index is 0.0880. The number of aromatic nitrogens is 1. The number of furan rings is 1. The Bertz CT molecular complexity index is 2920. The first kappa shape index (κ1) is 28.7. The second kappa shape index (κ2) is 9.80. The SMILES string of the molecule is CC1(C)c2ccccc2-c2ccc(N(c3ccccc3)c3ccc4c(c3)C(C)(C)c3cc5c6ccccc6oc5c5c6ccccc6n-4c35)cc21. The number of hydrogen-bond donors (Lipinski definition) is 0. The second-order valence-corrected chi connectivity index (χ2v) is 15.4. The zero-order valence-corrected chi connectivity index (χ0v) is 29.2. The lowest BCUT2D eigenvalue weighted by atomic mass is 9.74. The van der Waals surface area contributed by atoms with Gasteiger partial charge in [0.05, 0.1) is 22.1 Å². The summed E-state index contributed by atoms with van der Waals surface area (Å²) in [4.78, 5) is 2.43. The molecule has 1 aliphatic carbocycles. The zero-order chi connectivity index (χ0) is 34.2. The Morgan fingerprint density at radius 2 is 1.14 bits per heavy atom. The lowest BCUT2D eigenvalue weighted by Gasteiger charge is -2.36. The van der Waals surface area contributed by atoms with Crippen LogP contribution in [0.2, 0.25) is 0 Å². The Hall–Kier alpha value is -6.06. The molecule has 0 N–H and O–H groups in total. The summed E-state index contributed by atoms with van der Waals surface area (Å²) in [7, 11) is 0. The summed E-state index contributed by atoms with van der Waals surface area (Å²) >= 11 is 0. The van der Waals surface area contributed by atoms with Crippen LogP contribution < -0.4 is 4.90 Å². The summed E-state index contributed by atoms with van der Waals surface area (Å²) in [6.45, 7) is 9.49. The van der Waals surface area contributed by atoms with Crippen LogP contribution in [0.15, 0.2) is 150 Å². The van der Waals surface area contributed by atoms with E-state index in [4.69, 9.17) is 4.42 Å². The fraction of sp³-hybridized carbons (Fsp3) is 0.125. The molecule has 7 aromatic carbocycles. The number of hydrogen-bond acceptors (Lipinski definition) is 2. The minimum Gasteiger partial charge on any atom is -0.455 e. The standard InChI is InChI=1S/C48H36N2O/c1-47(2)37-19-11-8-16-32(37)33-24-22-30(26-38(33)47)49(29-14-6-5-7-15-29)31-23-25-42-39(27-31)48(3,4)40-28-36-34-17-10-13-21-43(34)51-46(36)44-35-18-9-12-20-41(35)50(42)45(40)44/h5-28H,1-4H3. The lowest BCUT2D eigenvalue weighted by molar-refractivity contribution is 0.630. The van der Waals surface area contributed by atoms with Crippen molar-refractivity contribution in [1.29, 1.82) is 0 Å². The highest BCUT2D eigenvalue weighted by Crippen LogP contribution is 2.54. The summed E-state index contributed by atoms with van der Waals surface area (Å²) in [5.74, 6) is 0. The molecule has 0 amide bonds. The van der Waals surface area contributed by atoms with Crippen molar-refractivity contribution in [3.63, 3.8) is 0 Å². The monoisotopic (exact) mass is 656 g/mol. The van der Waals surface area contributed by atoms with Crippen LogP contribution in [0.1, 0.15) is 49.9 Å². The first-order valence-electron chi connectivity index (χ1n) is 17.9. The first-order valence-corrected chi connectivity index (χ1v) is 17.9. The van der Waals surface area contributed by atoms with Crippen LogP contribution in [0, 0.1) is 0 Å². The smallest absolute Gasteiger partial charge is 0.145 e. The van der Waals surface area contributed by atoms with Gasteiger partial charge in [0.25, 0.3) is 0 Å². The normalized spacial score (nSPS) is 15.0. The fourth-order valence-electron chi connectivity index (χ4n) is 9.42. The third kappa shape index (κ3) is 3.68. The van der Waals surface area contributed by atoms with E-state index in [-0.39, 0.29) is 10.8 Å². The molecule has 2 aromatic heterocycles. The van der Waals surface area contributed by atoms with Crippen molar-refractivity contribution in [1.82, 2.24) is 4.57 Å². The Labute approximate surface area is 297 Å². The predicted octanol–water partition coefficient (Wildman–Crippen LogP) is 13.1. The van der Waals surface area contributed by atoms with Crippen LogP contribution in [0.4, 0.5) is 17.1 Å². The number of para-hydroxylation sites is 3. The van der Waals surface area contributed by atoms with Crippen molar-refractivity contribution in [2.45, 2.75) is 38.5 Å². The highest BCUT2D eigenvalue weighted by atomic mass is 16.3. The van der Waals surface area contributed by atoms with E-state index in [1.165, 1.54) is 66.3 Å². The predicted molar refractivity (Wildman–Crippen MR) is 212 cm³/mol. The second-order valence-electron chi connectivity index (χ2n) is 15.4. The van der Waals surface area contributed by atoms with Gasteiger partial charge in [0, 0.05) is 44.1 Å². The first-order chi connectivity index (χ1) is 24.8. The van der Waals surface area contributed by atoms with Gasteiger partial charge in [-0.25, -0.2) is 0 Å². The fourth-order valence-corrected chi connectivity index (χ4v) is 9.42. The molecule has 1 aliphatic heterocycles. The van der Waals surface area contributed by atoms with Gasteiger partial charge in [-0.1, -0.05) is 113 Å². The number of anilines is 3. The van der Waals surface area contributed by atoms with E-state index in [0.29, 0.717) is 0 Å². The topological polar surface area (TPSA) is 21.3 Å². The number of benzene rings is 7. The summed E-state index contributed by atoms with van der Waals surface area (Å²) in [6, 6.07) is 53.5. The maximum absolute atomic E-state index is 6.66. The van der Waals surface area contributed by atoms with E-state index in [1.807, 2.05) is 0 Å². The van der Waals surface area contributed by atoms with E-state index in [2.05, 4.69) is 183 Å². The lowest BCUT2D eigenvalue weighted by Crippen LogP contribution is -2.27. The van der Waals surface area contributed by atoms with Crippen molar-refractivity contribution in [2.24, 2.45) is 0 Å². The van der Waals surface area contributed by atoms with E-state index in [1.54, 1.807) is 0 Å². The molecule has 0 bridgehead atoms. The van der Waals surface area contributed by atoms with Crippen molar-refractivity contribution < 1.29 is 4.42 Å². The van der Waals surface area contributed by atoms with Gasteiger partial charge >= 0.3 is 0 Å². The average molecular weight is 657 g/mol. The van der Waals surface area contributed by atoms with Crippen LogP contribution in [-0.2, 0) is 10.8 Å². The maximum Gasteiger partial charge on any atom is 0.145 e. The maximum atomic E-state index is 6.66. The molecule has 9 aromatic rings. The molecule has 0 spiro atoms. The van der Waals surface area contributed by atoms with E-state index in [0.717, 1.165) is 33.6 Å². The van der Waals surface area contributed by atoms with E-state index >= 15 is 0 Å². The molecule has 0 atom stereocenters. The molecular formula is C48H36N2O. The highest BCUT2D eigenvalue weighted by Gasteiger charge is 2.39. The summed E-state index contributed by atoms with van der Waals surface area (Å²) in [5.41, 5.74) is 16.7. The molecular weight excluding hydrogens is 621 g/mol. The summed E-state index contributed by atoms with van der Waals surface area (Å²) < 4.78 is 9.15. The van der Waals surface area contributed by atoms with Crippen molar-refractivity contribution >= 4 is 60.8 Å². The molecule has 0 saturated heterocycles. The van der Waals surface area contributed by atoms with Gasteiger partial charge < -0.3 is 13.9 Å². The third-order valence-electron chi connectivity index (χ3n) is 11.9. The van der Waals surface area contributed by atoms with Gasteiger partial charge in [0.2, 0.25) is 0 Å². The van der Waals surface area contributed by atoms with Gasteiger partial charge in [-0.2, -0.15) is 0 Å². The third-order valence-corrected chi connectivity index (χ3v) is 11.9. The number of fused-ring (bicyclic) bond motifs is 12. The van der Waals surface area contributed by atoms with Gasteiger partial charge in [-0.05, 0) is 94.0 Å². The van der Waals surface area contributed by atoms with Gasteiger partial charge in [-0.15, -0.1) is 0 Å². The van der Waals surface area contributed by atoms with Crippen LogP contribution in [0.5, 0.6) is 0 Å². The molecule has 0 unspecified atom stereocenters. The van der Waals surface area contributed by atoms with Gasteiger partial charge in [0.15, 0.2) is 0 Å². The molecule has 0 saturated carbocycles. The van der Waals surface area contributed by atoms with Gasteiger partial charge in [-0.3, -0.25) is 0 Å². The van der Waals surface area contributed by atoms with Crippen LogP contribution in [-0.4, -0.2) is 4.57 Å². The summed E-state index contributed by atoms with van der Waals surface area (Å²) in [6.07, 6.45) is 0. The number of nitrogens with zero attached hydrogens (tertiary/aromatic N) is 2. The zero-order valence-electron chi connectivity index (χ0n) is 29.2. The van der Waals surface area contributed by atoms with Crippen molar-refractivity contribution in [3.8, 4) is 16.8 Å². The molecule has 11 rings (SSSR count). The Balaban J connectivity index is 1.17. The van der Waals surface area contributed by atoms with Crippen molar-refractivity contribution in [2.75, 3.05) is 4.90 Å². The largest absolute Gasteiger partial charge is 0.455 e. The average Bonchev–Trinajstić information content (AvgIpc) is 3.77. The van der Waals surface area contributed by atoms with E-state index in [9.17, 15) is 0 Å². The Morgan fingerprint density at radius 3 is 1.98 bits per heavy atom. The molecule has 244 valence electrons. The van der Waals surface area contributed by atoms with Crippen LogP contribution in [0.3, 0.4) is 0 Å². The molecule has 0 radical (unpaired) electrons. The molecule has 2 aliphatic rings. The number of rotatable bonds is 3. The highest BCUT2D eigenvalue weighted by molar-refractivity contribution is 6.25. The molecule has 0 fully saturated rings. The molecule has 3 nitrogen and oxygen atoms in total. The minimum atomic E-state index is -0.287. The molecule has 51 heavy (non-hydrogen) atoms. The Kier molecular flexibility index (Phi) is 5.52.